The SMILES string of the molecule is CC(CC=O)C(=O)ON1C(=O)CCC1=O. The third-order valence-electron chi connectivity index (χ3n) is 2.04. The number of carbonyl (C=O) groups excluding carboxylic acids is 4. The topological polar surface area (TPSA) is 80.8 Å². The van der Waals surface area contributed by atoms with E-state index < -0.39 is 23.7 Å². The Bertz CT molecular complexity index is 296. The lowest BCUT2D eigenvalue weighted by atomic mass is 10.1. The minimum absolute atomic E-state index is 0.00898. The van der Waals surface area contributed by atoms with E-state index >= 15 is 0 Å². The van der Waals surface area contributed by atoms with Gasteiger partial charge in [0.1, 0.15) is 6.29 Å². The highest BCUT2D eigenvalue weighted by molar-refractivity contribution is 6.01. The summed E-state index contributed by atoms with van der Waals surface area (Å²) in [5, 5.41) is 0.476. The number of nitrogens with zero attached hydrogens (tertiary/aromatic N) is 1. The number of aldehydes is 1. The molecule has 0 spiro atoms. The lowest BCUT2D eigenvalue weighted by Gasteiger charge is -2.14. The maximum absolute atomic E-state index is 11.3. The van der Waals surface area contributed by atoms with E-state index in [1.807, 2.05) is 0 Å². The first-order chi connectivity index (χ1) is 7.06. The van der Waals surface area contributed by atoms with Gasteiger partial charge >= 0.3 is 5.97 Å². The standard InChI is InChI=1S/C9H11NO5/c1-6(4-5-11)9(14)15-10-7(12)2-3-8(10)13/h5-6H,2-4H2,1H3. The summed E-state index contributed by atoms with van der Waals surface area (Å²) < 4.78 is 0. The molecule has 1 aliphatic heterocycles. The molecule has 1 unspecified atom stereocenters. The van der Waals surface area contributed by atoms with Crippen molar-refractivity contribution in [3.05, 3.63) is 0 Å². The fraction of sp³-hybridized carbons (Fsp3) is 0.556. The molecule has 1 atom stereocenters. The van der Waals surface area contributed by atoms with Crippen molar-refractivity contribution in [1.29, 1.82) is 0 Å². The van der Waals surface area contributed by atoms with Crippen LogP contribution in [-0.2, 0) is 24.0 Å². The van der Waals surface area contributed by atoms with Gasteiger partial charge in [-0.1, -0.05) is 6.92 Å². The number of amides is 2. The van der Waals surface area contributed by atoms with E-state index in [1.54, 1.807) is 0 Å². The molecule has 0 bridgehead atoms. The number of hydroxylamine groups is 2. The zero-order valence-electron chi connectivity index (χ0n) is 8.26. The van der Waals surface area contributed by atoms with Crippen LogP contribution in [0.1, 0.15) is 26.2 Å². The molecule has 0 aromatic carbocycles. The summed E-state index contributed by atoms with van der Waals surface area (Å²) in [4.78, 5) is 48.1. The van der Waals surface area contributed by atoms with Crippen molar-refractivity contribution in [1.82, 2.24) is 5.06 Å². The lowest BCUT2D eigenvalue weighted by Crippen LogP contribution is -2.34. The maximum Gasteiger partial charge on any atom is 0.336 e. The molecule has 0 aliphatic carbocycles. The van der Waals surface area contributed by atoms with E-state index in [-0.39, 0.29) is 19.3 Å². The van der Waals surface area contributed by atoms with Crippen LogP contribution in [-0.4, -0.2) is 29.1 Å². The number of carbonyl (C=O) groups is 4. The summed E-state index contributed by atoms with van der Waals surface area (Å²) in [5.41, 5.74) is 0. The van der Waals surface area contributed by atoms with Gasteiger partial charge in [-0.25, -0.2) is 4.79 Å². The fourth-order valence-electron chi connectivity index (χ4n) is 1.08. The van der Waals surface area contributed by atoms with Crippen molar-refractivity contribution < 1.29 is 24.0 Å². The minimum Gasteiger partial charge on any atom is -0.330 e. The molecule has 6 heteroatoms. The molecular formula is C9H11NO5. The van der Waals surface area contributed by atoms with Gasteiger partial charge in [0.25, 0.3) is 11.8 Å². The van der Waals surface area contributed by atoms with Crippen molar-refractivity contribution in [3.8, 4) is 0 Å². The van der Waals surface area contributed by atoms with E-state index in [2.05, 4.69) is 4.84 Å². The zero-order chi connectivity index (χ0) is 11.4. The van der Waals surface area contributed by atoms with Gasteiger partial charge in [0, 0.05) is 19.3 Å². The van der Waals surface area contributed by atoms with Crippen LogP contribution >= 0.6 is 0 Å². The molecule has 1 rings (SSSR count). The van der Waals surface area contributed by atoms with Gasteiger partial charge in [-0.2, -0.15) is 0 Å². The van der Waals surface area contributed by atoms with Gasteiger partial charge in [0.05, 0.1) is 5.92 Å². The zero-order valence-corrected chi connectivity index (χ0v) is 8.26. The molecule has 15 heavy (non-hydrogen) atoms. The summed E-state index contributed by atoms with van der Waals surface area (Å²) >= 11 is 0. The second-order valence-corrected chi connectivity index (χ2v) is 3.30. The molecule has 0 N–H and O–H groups in total. The first-order valence-corrected chi connectivity index (χ1v) is 4.57. The maximum atomic E-state index is 11.3. The van der Waals surface area contributed by atoms with Gasteiger partial charge in [-0.15, -0.1) is 5.06 Å². The normalized spacial score (nSPS) is 17.8. The number of hydrogen-bond acceptors (Lipinski definition) is 5. The number of rotatable bonds is 4. The quantitative estimate of drug-likeness (QED) is 0.478. The van der Waals surface area contributed by atoms with Gasteiger partial charge in [-0.05, 0) is 0 Å². The fourth-order valence-corrected chi connectivity index (χ4v) is 1.08. The Morgan fingerprint density at radius 2 is 2.00 bits per heavy atom. The summed E-state index contributed by atoms with van der Waals surface area (Å²) in [6.45, 7) is 1.49. The molecule has 1 aliphatic rings. The van der Waals surface area contributed by atoms with E-state index in [0.717, 1.165) is 0 Å². The van der Waals surface area contributed by atoms with E-state index in [9.17, 15) is 19.2 Å². The molecule has 0 radical (unpaired) electrons. The third kappa shape index (κ3) is 2.61. The molecule has 6 nitrogen and oxygen atoms in total. The van der Waals surface area contributed by atoms with Gasteiger partial charge in [-0.3, -0.25) is 9.59 Å². The monoisotopic (exact) mass is 213 g/mol. The Morgan fingerprint density at radius 3 is 2.47 bits per heavy atom. The highest BCUT2D eigenvalue weighted by atomic mass is 16.7. The number of imide groups is 1. The summed E-state index contributed by atoms with van der Waals surface area (Å²) in [5.74, 6) is -2.44. The predicted octanol–water partition coefficient (Wildman–Crippen LogP) is -0.181. The molecule has 1 heterocycles. The van der Waals surface area contributed by atoms with Crippen LogP contribution < -0.4 is 0 Å². The van der Waals surface area contributed by atoms with Crippen LogP contribution in [0.4, 0.5) is 0 Å². The third-order valence-corrected chi connectivity index (χ3v) is 2.04. The molecule has 0 aromatic rings. The predicted molar refractivity (Wildman–Crippen MR) is 47.0 cm³/mol. The molecule has 1 fully saturated rings. The molecule has 0 saturated carbocycles. The van der Waals surface area contributed by atoms with Crippen LogP contribution in [0.25, 0.3) is 0 Å². The van der Waals surface area contributed by atoms with Crippen molar-refractivity contribution >= 4 is 24.1 Å². The Hall–Kier alpha value is -1.72. The first kappa shape index (κ1) is 11.4. The first-order valence-electron chi connectivity index (χ1n) is 4.57. The molecular weight excluding hydrogens is 202 g/mol. The van der Waals surface area contributed by atoms with Crippen molar-refractivity contribution in [2.45, 2.75) is 26.2 Å². The Balaban J connectivity index is 2.53. The van der Waals surface area contributed by atoms with Gasteiger partial charge < -0.3 is 9.63 Å². The Kier molecular flexibility index (Phi) is 3.54. The molecule has 1 saturated heterocycles. The van der Waals surface area contributed by atoms with Gasteiger partial charge in [0.2, 0.25) is 0 Å². The average molecular weight is 213 g/mol. The second kappa shape index (κ2) is 4.68. The van der Waals surface area contributed by atoms with Crippen LogP contribution in [0, 0.1) is 5.92 Å². The van der Waals surface area contributed by atoms with E-state index in [4.69, 9.17) is 0 Å². The van der Waals surface area contributed by atoms with Crippen LogP contribution in [0.15, 0.2) is 0 Å². The Labute approximate surface area is 86.1 Å². The summed E-state index contributed by atoms with van der Waals surface area (Å²) in [7, 11) is 0. The Morgan fingerprint density at radius 1 is 1.47 bits per heavy atom. The van der Waals surface area contributed by atoms with Crippen LogP contribution in [0.3, 0.4) is 0 Å². The smallest absolute Gasteiger partial charge is 0.330 e. The summed E-state index contributed by atoms with van der Waals surface area (Å²) in [6.07, 6.45) is 0.719. The van der Waals surface area contributed by atoms with Crippen molar-refractivity contribution in [3.63, 3.8) is 0 Å². The lowest BCUT2D eigenvalue weighted by molar-refractivity contribution is -0.200. The summed E-state index contributed by atoms with van der Waals surface area (Å²) in [6, 6.07) is 0. The molecule has 0 aromatic heterocycles. The second-order valence-electron chi connectivity index (χ2n) is 3.30. The highest BCUT2D eigenvalue weighted by Crippen LogP contribution is 2.14. The van der Waals surface area contributed by atoms with Gasteiger partial charge in [0.15, 0.2) is 0 Å². The molecule has 2 amide bonds. The minimum atomic E-state index is -0.745. The van der Waals surface area contributed by atoms with E-state index in [0.29, 0.717) is 11.3 Å². The van der Waals surface area contributed by atoms with Crippen molar-refractivity contribution in [2.75, 3.05) is 0 Å². The highest BCUT2D eigenvalue weighted by Gasteiger charge is 2.33. The van der Waals surface area contributed by atoms with Crippen LogP contribution in [0.5, 0.6) is 0 Å². The largest absolute Gasteiger partial charge is 0.336 e. The average Bonchev–Trinajstić information content (AvgIpc) is 2.49. The van der Waals surface area contributed by atoms with Crippen molar-refractivity contribution in [2.24, 2.45) is 5.92 Å². The van der Waals surface area contributed by atoms with Crippen LogP contribution in [0.2, 0.25) is 0 Å². The number of hydrogen-bond donors (Lipinski definition) is 0. The molecule has 82 valence electrons. The van der Waals surface area contributed by atoms with E-state index in [1.165, 1.54) is 6.92 Å².